The van der Waals surface area contributed by atoms with Gasteiger partial charge in [0.05, 0.1) is 11.9 Å². The minimum absolute atomic E-state index is 0.0984. The Morgan fingerprint density at radius 3 is 2.88 bits per heavy atom. The number of nitrogens with one attached hydrogen (secondary N) is 1. The fraction of sp³-hybridized carbons (Fsp3) is 0.500. The molecule has 1 saturated carbocycles. The topological polar surface area (TPSA) is 68.0 Å². The van der Waals surface area contributed by atoms with Crippen LogP contribution in [-0.4, -0.2) is 16.9 Å². The van der Waals surface area contributed by atoms with E-state index in [2.05, 4.69) is 17.2 Å². The van der Waals surface area contributed by atoms with Gasteiger partial charge in [-0.3, -0.25) is 4.79 Å². The summed E-state index contributed by atoms with van der Waals surface area (Å²) in [5, 5.41) is 3.02. The van der Waals surface area contributed by atoms with Crippen LogP contribution in [0.25, 0.3) is 0 Å². The third-order valence-corrected chi connectivity index (χ3v) is 3.20. The molecule has 1 aliphatic rings. The highest BCUT2D eigenvalue weighted by Gasteiger charge is 2.25. The molecule has 1 fully saturated rings. The number of carbonyl (C=O) groups excluding carboxylic acids is 1. The molecular formula is C12H17N3O. The van der Waals surface area contributed by atoms with Crippen molar-refractivity contribution in [1.82, 2.24) is 10.3 Å². The molecule has 1 amide bonds. The quantitative estimate of drug-likeness (QED) is 0.793. The van der Waals surface area contributed by atoms with Crippen LogP contribution < -0.4 is 11.1 Å². The lowest BCUT2D eigenvalue weighted by molar-refractivity contribution is 0.0924. The van der Waals surface area contributed by atoms with E-state index in [1.165, 1.54) is 19.0 Å². The molecule has 2 rings (SSSR count). The Kier molecular flexibility index (Phi) is 3.08. The summed E-state index contributed by atoms with van der Waals surface area (Å²) >= 11 is 0. The molecule has 1 aromatic rings. The molecule has 0 aromatic carbocycles. The summed E-state index contributed by atoms with van der Waals surface area (Å²) in [5.41, 5.74) is 6.53. The first-order chi connectivity index (χ1) is 7.66. The van der Waals surface area contributed by atoms with Gasteiger partial charge in [0, 0.05) is 6.04 Å². The van der Waals surface area contributed by atoms with Crippen LogP contribution in [0.15, 0.2) is 18.3 Å². The molecule has 1 aliphatic carbocycles. The Balaban J connectivity index is 2.00. The maximum absolute atomic E-state index is 11.8. The van der Waals surface area contributed by atoms with E-state index in [9.17, 15) is 4.79 Å². The van der Waals surface area contributed by atoms with Gasteiger partial charge in [-0.2, -0.15) is 0 Å². The van der Waals surface area contributed by atoms with E-state index >= 15 is 0 Å². The number of aromatic nitrogens is 1. The summed E-state index contributed by atoms with van der Waals surface area (Å²) in [5.74, 6) is 0.469. The molecule has 2 unspecified atom stereocenters. The minimum atomic E-state index is -0.0984. The number of nitrogen functional groups attached to an aromatic ring is 1. The van der Waals surface area contributed by atoms with Crippen LogP contribution in [0.3, 0.4) is 0 Å². The van der Waals surface area contributed by atoms with Crippen molar-refractivity contribution in [2.24, 2.45) is 5.92 Å². The first kappa shape index (κ1) is 10.9. The van der Waals surface area contributed by atoms with E-state index in [0.717, 1.165) is 6.42 Å². The lowest BCUT2D eigenvalue weighted by Gasteiger charge is -2.16. The zero-order valence-corrected chi connectivity index (χ0v) is 9.44. The van der Waals surface area contributed by atoms with E-state index in [1.54, 1.807) is 12.1 Å². The Morgan fingerprint density at radius 2 is 2.31 bits per heavy atom. The molecule has 0 aliphatic heterocycles. The summed E-state index contributed by atoms with van der Waals surface area (Å²) < 4.78 is 0. The Bertz CT molecular complexity index is 374. The highest BCUT2D eigenvalue weighted by molar-refractivity contribution is 5.92. The van der Waals surface area contributed by atoms with Crippen molar-refractivity contribution in [2.75, 3.05) is 5.73 Å². The third-order valence-electron chi connectivity index (χ3n) is 3.20. The number of anilines is 1. The van der Waals surface area contributed by atoms with Crippen LogP contribution in [0, 0.1) is 5.92 Å². The van der Waals surface area contributed by atoms with E-state index < -0.39 is 0 Å². The highest BCUT2D eigenvalue weighted by Crippen LogP contribution is 2.24. The molecule has 0 radical (unpaired) electrons. The van der Waals surface area contributed by atoms with Crippen molar-refractivity contribution < 1.29 is 4.79 Å². The number of carbonyl (C=O) groups is 1. The number of rotatable bonds is 2. The van der Waals surface area contributed by atoms with Gasteiger partial charge < -0.3 is 11.1 Å². The molecule has 1 aromatic heterocycles. The van der Waals surface area contributed by atoms with Gasteiger partial charge in [-0.15, -0.1) is 0 Å². The van der Waals surface area contributed by atoms with Gasteiger partial charge in [0.2, 0.25) is 0 Å². The Morgan fingerprint density at radius 1 is 1.50 bits per heavy atom. The molecule has 86 valence electrons. The number of nitrogens with zero attached hydrogens (tertiary/aromatic N) is 1. The first-order valence-corrected chi connectivity index (χ1v) is 5.69. The molecule has 4 heteroatoms. The van der Waals surface area contributed by atoms with E-state index in [1.807, 2.05) is 0 Å². The summed E-state index contributed by atoms with van der Waals surface area (Å²) in [7, 11) is 0. The zero-order valence-electron chi connectivity index (χ0n) is 9.44. The van der Waals surface area contributed by atoms with Gasteiger partial charge in [0.15, 0.2) is 0 Å². The van der Waals surface area contributed by atoms with Crippen LogP contribution in [0.1, 0.15) is 36.7 Å². The van der Waals surface area contributed by atoms with Crippen molar-refractivity contribution in [3.05, 3.63) is 24.0 Å². The van der Waals surface area contributed by atoms with Crippen molar-refractivity contribution >= 4 is 11.6 Å². The van der Waals surface area contributed by atoms with Crippen LogP contribution >= 0.6 is 0 Å². The lowest BCUT2D eigenvalue weighted by atomic mass is 10.1. The van der Waals surface area contributed by atoms with Crippen molar-refractivity contribution in [2.45, 2.75) is 32.2 Å². The second kappa shape index (κ2) is 4.51. The van der Waals surface area contributed by atoms with Crippen molar-refractivity contribution in [1.29, 1.82) is 0 Å². The van der Waals surface area contributed by atoms with Crippen LogP contribution in [0.4, 0.5) is 5.69 Å². The average Bonchev–Trinajstić information content (AvgIpc) is 2.65. The molecule has 3 N–H and O–H groups in total. The third kappa shape index (κ3) is 2.32. The summed E-state index contributed by atoms with van der Waals surface area (Å²) in [6.07, 6.45) is 4.97. The summed E-state index contributed by atoms with van der Waals surface area (Å²) in [6, 6.07) is 3.65. The molecule has 4 nitrogen and oxygen atoms in total. The lowest BCUT2D eigenvalue weighted by Crippen LogP contribution is -2.36. The minimum Gasteiger partial charge on any atom is -0.397 e. The number of nitrogens with two attached hydrogens (primary N) is 1. The van der Waals surface area contributed by atoms with E-state index in [4.69, 9.17) is 5.73 Å². The standard InChI is InChI=1S/C12H17N3O/c1-8-3-2-4-10(8)15-12(16)11-6-5-9(13)7-14-11/h5-8,10H,2-4,13H2,1H3,(H,15,16). The van der Waals surface area contributed by atoms with Gasteiger partial charge in [0.25, 0.3) is 5.91 Å². The normalized spacial score (nSPS) is 24.3. The fourth-order valence-electron chi connectivity index (χ4n) is 2.14. The van der Waals surface area contributed by atoms with Crippen LogP contribution in [-0.2, 0) is 0 Å². The van der Waals surface area contributed by atoms with Crippen molar-refractivity contribution in [3.8, 4) is 0 Å². The number of hydrogen-bond acceptors (Lipinski definition) is 3. The van der Waals surface area contributed by atoms with E-state index in [-0.39, 0.29) is 5.91 Å². The molecular weight excluding hydrogens is 202 g/mol. The first-order valence-electron chi connectivity index (χ1n) is 5.69. The second-order valence-electron chi connectivity index (χ2n) is 4.46. The molecule has 16 heavy (non-hydrogen) atoms. The number of hydrogen-bond donors (Lipinski definition) is 2. The zero-order chi connectivity index (χ0) is 11.5. The summed E-state index contributed by atoms with van der Waals surface area (Å²) in [4.78, 5) is 15.9. The van der Waals surface area contributed by atoms with Crippen LogP contribution in [0.2, 0.25) is 0 Å². The number of pyridine rings is 1. The van der Waals surface area contributed by atoms with Crippen molar-refractivity contribution in [3.63, 3.8) is 0 Å². The van der Waals surface area contributed by atoms with Gasteiger partial charge in [-0.1, -0.05) is 13.3 Å². The van der Waals surface area contributed by atoms with Gasteiger partial charge in [-0.05, 0) is 30.9 Å². The molecule has 2 atom stereocenters. The Hall–Kier alpha value is -1.58. The Labute approximate surface area is 95.3 Å². The largest absolute Gasteiger partial charge is 0.397 e. The van der Waals surface area contributed by atoms with Gasteiger partial charge in [0.1, 0.15) is 5.69 Å². The second-order valence-corrected chi connectivity index (χ2v) is 4.46. The SMILES string of the molecule is CC1CCCC1NC(=O)c1ccc(N)cn1. The summed E-state index contributed by atoms with van der Waals surface area (Å²) in [6.45, 7) is 2.17. The maximum atomic E-state index is 11.8. The highest BCUT2D eigenvalue weighted by atomic mass is 16.1. The smallest absolute Gasteiger partial charge is 0.270 e. The maximum Gasteiger partial charge on any atom is 0.270 e. The van der Waals surface area contributed by atoms with E-state index in [0.29, 0.717) is 23.3 Å². The number of amides is 1. The van der Waals surface area contributed by atoms with Crippen LogP contribution in [0.5, 0.6) is 0 Å². The molecule has 1 heterocycles. The monoisotopic (exact) mass is 219 g/mol. The average molecular weight is 219 g/mol. The van der Waals surface area contributed by atoms with Gasteiger partial charge >= 0.3 is 0 Å². The molecule has 0 saturated heterocycles. The van der Waals surface area contributed by atoms with Gasteiger partial charge in [-0.25, -0.2) is 4.98 Å². The molecule has 0 bridgehead atoms. The predicted molar refractivity (Wildman–Crippen MR) is 62.9 cm³/mol. The fourth-order valence-corrected chi connectivity index (χ4v) is 2.14. The molecule has 0 spiro atoms. The predicted octanol–water partition coefficient (Wildman–Crippen LogP) is 1.58.